The van der Waals surface area contributed by atoms with Crippen molar-refractivity contribution in [3.05, 3.63) is 24.2 Å². The third-order valence-electron chi connectivity index (χ3n) is 3.33. The Hall–Kier alpha value is -1.40. The van der Waals surface area contributed by atoms with Crippen LogP contribution in [0.5, 0.6) is 0 Å². The standard InChI is InChI=1S/C12H17N3O2S/c1-9(11(13)18)14-3-5-15(6-4-14)12(16)10-2-7-17-8-10/h2,7-9H,3-6H2,1H3,(H2,13,18). The molecule has 5 nitrogen and oxygen atoms in total. The average Bonchev–Trinajstić information content (AvgIpc) is 2.91. The zero-order valence-electron chi connectivity index (χ0n) is 10.3. The van der Waals surface area contributed by atoms with Gasteiger partial charge in [-0.3, -0.25) is 9.69 Å². The van der Waals surface area contributed by atoms with Crippen molar-refractivity contribution in [2.75, 3.05) is 26.2 Å². The minimum Gasteiger partial charge on any atom is -0.472 e. The highest BCUT2D eigenvalue weighted by atomic mass is 32.1. The van der Waals surface area contributed by atoms with E-state index in [2.05, 4.69) is 4.90 Å². The Bertz CT molecular complexity index is 425. The number of thiocarbonyl (C=S) groups is 1. The van der Waals surface area contributed by atoms with Crippen molar-refractivity contribution in [3.63, 3.8) is 0 Å². The number of rotatable bonds is 3. The molecule has 0 aliphatic carbocycles. The van der Waals surface area contributed by atoms with Crippen molar-refractivity contribution in [2.45, 2.75) is 13.0 Å². The van der Waals surface area contributed by atoms with E-state index in [9.17, 15) is 4.79 Å². The summed E-state index contributed by atoms with van der Waals surface area (Å²) in [6.45, 7) is 4.97. The predicted octanol–water partition coefficient (Wildman–Crippen LogP) is 0.712. The summed E-state index contributed by atoms with van der Waals surface area (Å²) in [5.74, 6) is 0.0198. The molecule has 98 valence electrons. The maximum Gasteiger partial charge on any atom is 0.257 e. The van der Waals surface area contributed by atoms with E-state index in [-0.39, 0.29) is 11.9 Å². The fraction of sp³-hybridized carbons (Fsp3) is 0.500. The summed E-state index contributed by atoms with van der Waals surface area (Å²) in [5, 5.41) is 0. The molecule has 1 fully saturated rings. The van der Waals surface area contributed by atoms with Crippen LogP contribution in [-0.4, -0.2) is 52.9 Å². The number of carbonyl (C=O) groups is 1. The van der Waals surface area contributed by atoms with Crippen LogP contribution in [0.3, 0.4) is 0 Å². The summed E-state index contributed by atoms with van der Waals surface area (Å²) < 4.78 is 4.93. The summed E-state index contributed by atoms with van der Waals surface area (Å²) >= 11 is 4.99. The van der Waals surface area contributed by atoms with Crippen LogP contribution in [0.2, 0.25) is 0 Å². The lowest BCUT2D eigenvalue weighted by Crippen LogP contribution is -2.53. The number of nitrogens with two attached hydrogens (primary N) is 1. The normalized spacial score (nSPS) is 18.6. The van der Waals surface area contributed by atoms with Gasteiger partial charge in [0.25, 0.3) is 5.91 Å². The summed E-state index contributed by atoms with van der Waals surface area (Å²) in [6, 6.07) is 1.78. The van der Waals surface area contributed by atoms with Crippen LogP contribution in [0.1, 0.15) is 17.3 Å². The molecule has 18 heavy (non-hydrogen) atoms. The summed E-state index contributed by atoms with van der Waals surface area (Å²) in [4.78, 5) is 16.6. The van der Waals surface area contributed by atoms with Crippen LogP contribution in [0.25, 0.3) is 0 Å². The molecule has 0 radical (unpaired) electrons. The van der Waals surface area contributed by atoms with E-state index in [4.69, 9.17) is 22.4 Å². The number of hydrogen-bond acceptors (Lipinski definition) is 4. The summed E-state index contributed by atoms with van der Waals surface area (Å²) in [7, 11) is 0. The van der Waals surface area contributed by atoms with Crippen LogP contribution in [-0.2, 0) is 0 Å². The quantitative estimate of drug-likeness (QED) is 0.817. The van der Waals surface area contributed by atoms with E-state index >= 15 is 0 Å². The molecule has 2 heterocycles. The molecule has 1 aliphatic heterocycles. The topological polar surface area (TPSA) is 62.7 Å². The number of carbonyl (C=O) groups excluding carboxylic acids is 1. The fourth-order valence-electron chi connectivity index (χ4n) is 2.06. The van der Waals surface area contributed by atoms with Crippen molar-refractivity contribution >= 4 is 23.1 Å². The van der Waals surface area contributed by atoms with Crippen LogP contribution in [0.15, 0.2) is 23.0 Å². The van der Waals surface area contributed by atoms with Gasteiger partial charge in [-0.05, 0) is 13.0 Å². The van der Waals surface area contributed by atoms with Crippen molar-refractivity contribution in [3.8, 4) is 0 Å². The minimum absolute atomic E-state index is 0.0198. The molecule has 6 heteroatoms. The van der Waals surface area contributed by atoms with Gasteiger partial charge >= 0.3 is 0 Å². The molecule has 2 rings (SSSR count). The van der Waals surface area contributed by atoms with Gasteiger partial charge in [0.1, 0.15) is 6.26 Å². The van der Waals surface area contributed by atoms with Gasteiger partial charge in [0.2, 0.25) is 0 Å². The molecule has 2 N–H and O–H groups in total. The largest absolute Gasteiger partial charge is 0.472 e. The lowest BCUT2D eigenvalue weighted by atomic mass is 10.2. The fourth-order valence-corrected chi connectivity index (χ4v) is 2.21. The molecule has 1 aliphatic rings. The highest BCUT2D eigenvalue weighted by Gasteiger charge is 2.25. The van der Waals surface area contributed by atoms with E-state index in [1.54, 1.807) is 6.07 Å². The molecule has 1 unspecified atom stereocenters. The van der Waals surface area contributed by atoms with Gasteiger partial charge < -0.3 is 15.1 Å². The van der Waals surface area contributed by atoms with Crippen molar-refractivity contribution in [2.24, 2.45) is 5.73 Å². The van der Waals surface area contributed by atoms with Crippen molar-refractivity contribution < 1.29 is 9.21 Å². The average molecular weight is 267 g/mol. The molecule has 0 bridgehead atoms. The molecule has 1 saturated heterocycles. The Morgan fingerprint density at radius 2 is 2.11 bits per heavy atom. The van der Waals surface area contributed by atoms with E-state index in [1.807, 2.05) is 11.8 Å². The molecule has 1 aromatic heterocycles. The number of piperazine rings is 1. The minimum atomic E-state index is 0.0198. The highest BCUT2D eigenvalue weighted by Crippen LogP contribution is 2.11. The zero-order chi connectivity index (χ0) is 13.1. The first kappa shape index (κ1) is 13.0. The predicted molar refractivity (Wildman–Crippen MR) is 72.4 cm³/mol. The lowest BCUT2D eigenvalue weighted by Gasteiger charge is -2.37. The van der Waals surface area contributed by atoms with Gasteiger partial charge in [-0.15, -0.1) is 0 Å². The first-order valence-corrected chi connectivity index (χ1v) is 6.35. The van der Waals surface area contributed by atoms with Crippen LogP contribution in [0.4, 0.5) is 0 Å². The molecule has 1 atom stereocenters. The van der Waals surface area contributed by atoms with Crippen LogP contribution >= 0.6 is 12.2 Å². The van der Waals surface area contributed by atoms with Crippen molar-refractivity contribution in [1.29, 1.82) is 0 Å². The molecule has 0 spiro atoms. The van der Waals surface area contributed by atoms with Gasteiger partial charge in [-0.2, -0.15) is 0 Å². The van der Waals surface area contributed by atoms with Crippen LogP contribution in [0, 0.1) is 0 Å². The third kappa shape index (κ3) is 2.70. The second kappa shape index (κ2) is 5.49. The smallest absolute Gasteiger partial charge is 0.257 e. The second-order valence-corrected chi connectivity index (χ2v) is 4.89. The molecular weight excluding hydrogens is 250 g/mol. The number of nitrogens with zero attached hydrogens (tertiary/aromatic N) is 2. The Labute approximate surface area is 112 Å². The molecule has 1 aromatic rings. The van der Waals surface area contributed by atoms with Gasteiger partial charge in [-0.25, -0.2) is 0 Å². The maximum absolute atomic E-state index is 12.1. The number of furan rings is 1. The molecule has 1 amide bonds. The Morgan fingerprint density at radius 1 is 1.44 bits per heavy atom. The second-order valence-electron chi connectivity index (χ2n) is 4.42. The van der Waals surface area contributed by atoms with Gasteiger partial charge in [-0.1, -0.05) is 12.2 Å². The Kier molecular flexibility index (Phi) is 3.98. The lowest BCUT2D eigenvalue weighted by molar-refractivity contribution is 0.0621. The third-order valence-corrected chi connectivity index (χ3v) is 3.67. The van der Waals surface area contributed by atoms with E-state index < -0.39 is 0 Å². The van der Waals surface area contributed by atoms with E-state index in [0.717, 1.165) is 13.1 Å². The number of amides is 1. The van der Waals surface area contributed by atoms with Gasteiger partial charge in [0, 0.05) is 26.2 Å². The first-order valence-electron chi connectivity index (χ1n) is 5.94. The van der Waals surface area contributed by atoms with Gasteiger partial charge in [0.05, 0.1) is 22.9 Å². The number of hydrogen-bond donors (Lipinski definition) is 1. The first-order chi connectivity index (χ1) is 8.59. The summed E-state index contributed by atoms with van der Waals surface area (Å²) in [6.07, 6.45) is 2.99. The maximum atomic E-state index is 12.1. The van der Waals surface area contributed by atoms with E-state index in [0.29, 0.717) is 23.6 Å². The zero-order valence-corrected chi connectivity index (χ0v) is 11.2. The monoisotopic (exact) mass is 267 g/mol. The van der Waals surface area contributed by atoms with Crippen molar-refractivity contribution in [1.82, 2.24) is 9.80 Å². The molecule has 0 saturated carbocycles. The summed E-state index contributed by atoms with van der Waals surface area (Å²) in [5.41, 5.74) is 6.24. The van der Waals surface area contributed by atoms with Crippen LogP contribution < -0.4 is 5.73 Å². The van der Waals surface area contributed by atoms with E-state index in [1.165, 1.54) is 12.5 Å². The molecule has 0 aromatic carbocycles. The Balaban J connectivity index is 1.91. The molecular formula is C12H17N3O2S. The van der Waals surface area contributed by atoms with Gasteiger partial charge in [0.15, 0.2) is 0 Å². The Morgan fingerprint density at radius 3 is 2.61 bits per heavy atom. The SMILES string of the molecule is CC(C(N)=S)N1CCN(C(=O)c2ccoc2)CC1. The highest BCUT2D eigenvalue weighted by molar-refractivity contribution is 7.80.